The number of fused-ring (bicyclic) bond motifs is 11. The van der Waals surface area contributed by atoms with Gasteiger partial charge in [0.05, 0.1) is 16.7 Å². The van der Waals surface area contributed by atoms with Gasteiger partial charge >= 0.3 is 0 Å². The van der Waals surface area contributed by atoms with Crippen LogP contribution in [0.25, 0.3) is 125 Å². The van der Waals surface area contributed by atoms with Crippen LogP contribution in [0.2, 0.25) is 0 Å². The number of para-hydroxylation sites is 2. The highest BCUT2D eigenvalue weighted by Crippen LogP contribution is 2.42. The van der Waals surface area contributed by atoms with Crippen molar-refractivity contribution < 1.29 is 4.42 Å². The van der Waals surface area contributed by atoms with Crippen LogP contribution in [-0.4, -0.2) is 19.5 Å². The number of nitrogens with zero attached hydrogens (tertiary/aromatic N) is 4. The van der Waals surface area contributed by atoms with E-state index in [1.807, 2.05) is 12.1 Å². The second kappa shape index (κ2) is 12.4. The highest BCUT2D eigenvalue weighted by atomic mass is 32.1. The first-order valence-electron chi connectivity index (χ1n) is 19.8. The van der Waals surface area contributed by atoms with Crippen LogP contribution in [-0.2, 0) is 0 Å². The fraction of sp³-hybridized carbons (Fsp3) is 0. The molecule has 4 heterocycles. The number of rotatable bonds is 4. The molecule has 274 valence electrons. The topological polar surface area (TPSA) is 56.7 Å². The molecule has 0 radical (unpaired) electrons. The van der Waals surface area contributed by atoms with Crippen LogP contribution in [0.4, 0.5) is 0 Å². The van der Waals surface area contributed by atoms with Gasteiger partial charge in [0.15, 0.2) is 17.5 Å². The van der Waals surface area contributed by atoms with Gasteiger partial charge in [-0.25, -0.2) is 15.0 Å². The number of hydrogen-bond donors (Lipinski definition) is 0. The van der Waals surface area contributed by atoms with Gasteiger partial charge in [-0.05, 0) is 64.0 Å². The molecule has 0 saturated heterocycles. The Bertz CT molecular complexity index is 3870. The van der Waals surface area contributed by atoms with Crippen LogP contribution in [0.15, 0.2) is 186 Å². The lowest BCUT2D eigenvalue weighted by Gasteiger charge is -2.13. The minimum atomic E-state index is 0.582. The van der Waals surface area contributed by atoms with Crippen molar-refractivity contribution in [2.75, 3.05) is 0 Å². The first-order chi connectivity index (χ1) is 29.2. The fourth-order valence-electron chi connectivity index (χ4n) is 9.11. The molecule has 0 atom stereocenters. The molecule has 6 heteroatoms. The van der Waals surface area contributed by atoms with Gasteiger partial charge in [0, 0.05) is 64.5 Å². The zero-order valence-corrected chi connectivity index (χ0v) is 32.2. The first-order valence-corrected chi connectivity index (χ1v) is 20.6. The van der Waals surface area contributed by atoms with Gasteiger partial charge in [-0.3, -0.25) is 0 Å². The van der Waals surface area contributed by atoms with E-state index in [0.29, 0.717) is 17.5 Å². The van der Waals surface area contributed by atoms with Crippen molar-refractivity contribution in [2.24, 2.45) is 0 Å². The maximum absolute atomic E-state index is 6.73. The van der Waals surface area contributed by atoms with Crippen molar-refractivity contribution in [1.29, 1.82) is 0 Å². The standard InChI is InChI=1S/C53H30N4OS/c1-2-14-33-27-45-42(26-32(33)13-1)37-17-5-8-21-44(37)57(45)35-29-43(50-41-19-6-9-22-46(41)58-47(50)30-35)53-55-51(34-24-25-39-38-18-7-10-23-48(38)59-49(39)28-34)54-52(56-53)40-20-11-15-31-12-3-4-16-36(31)40/h1-30H. The molecule has 9 aromatic carbocycles. The third-order valence-electron chi connectivity index (χ3n) is 11.8. The molecule has 13 aromatic rings. The molecule has 59 heavy (non-hydrogen) atoms. The van der Waals surface area contributed by atoms with E-state index in [4.69, 9.17) is 19.4 Å². The molecule has 0 aliphatic heterocycles. The summed E-state index contributed by atoms with van der Waals surface area (Å²) in [6.45, 7) is 0. The van der Waals surface area contributed by atoms with Crippen molar-refractivity contribution in [2.45, 2.75) is 0 Å². The Morgan fingerprint density at radius 1 is 0.390 bits per heavy atom. The Morgan fingerprint density at radius 2 is 1.05 bits per heavy atom. The van der Waals surface area contributed by atoms with E-state index >= 15 is 0 Å². The summed E-state index contributed by atoms with van der Waals surface area (Å²) in [6, 6.07) is 64.4. The van der Waals surface area contributed by atoms with E-state index in [1.54, 1.807) is 11.3 Å². The van der Waals surface area contributed by atoms with Crippen LogP contribution < -0.4 is 0 Å². The molecule has 0 aliphatic carbocycles. The van der Waals surface area contributed by atoms with Gasteiger partial charge in [-0.1, -0.05) is 133 Å². The van der Waals surface area contributed by atoms with E-state index in [2.05, 4.69) is 174 Å². The Labute approximate surface area is 341 Å². The largest absolute Gasteiger partial charge is 0.456 e. The lowest BCUT2D eigenvalue weighted by atomic mass is 10.0. The lowest BCUT2D eigenvalue weighted by molar-refractivity contribution is 0.668. The maximum Gasteiger partial charge on any atom is 0.164 e. The van der Waals surface area contributed by atoms with Crippen molar-refractivity contribution in [3.8, 4) is 39.9 Å². The first kappa shape index (κ1) is 32.4. The van der Waals surface area contributed by atoms with E-state index in [-0.39, 0.29) is 0 Å². The number of furan rings is 1. The predicted molar refractivity (Wildman–Crippen MR) is 246 cm³/mol. The molecule has 0 bridgehead atoms. The fourth-order valence-corrected chi connectivity index (χ4v) is 10.3. The Kier molecular flexibility index (Phi) is 6.82. The third-order valence-corrected chi connectivity index (χ3v) is 12.9. The average Bonchev–Trinajstić information content (AvgIpc) is 3.96. The molecule has 0 N–H and O–H groups in total. The van der Waals surface area contributed by atoms with Gasteiger partial charge in [0.25, 0.3) is 0 Å². The molecular weight excluding hydrogens is 741 g/mol. The van der Waals surface area contributed by atoms with E-state index in [0.717, 1.165) is 66.1 Å². The van der Waals surface area contributed by atoms with Crippen molar-refractivity contribution in [3.63, 3.8) is 0 Å². The molecule has 4 aromatic heterocycles. The highest BCUT2D eigenvalue weighted by Gasteiger charge is 2.22. The summed E-state index contributed by atoms with van der Waals surface area (Å²) in [5.74, 6) is 1.82. The Morgan fingerprint density at radius 3 is 1.93 bits per heavy atom. The van der Waals surface area contributed by atoms with E-state index in [1.165, 1.54) is 41.7 Å². The van der Waals surface area contributed by atoms with Crippen LogP contribution in [0.5, 0.6) is 0 Å². The lowest BCUT2D eigenvalue weighted by Crippen LogP contribution is -2.02. The summed E-state index contributed by atoms with van der Waals surface area (Å²) in [6.07, 6.45) is 0. The second-order valence-electron chi connectivity index (χ2n) is 15.2. The molecule has 0 fully saturated rings. The molecule has 13 rings (SSSR count). The normalized spacial score (nSPS) is 12.1. The average molecular weight is 771 g/mol. The van der Waals surface area contributed by atoms with Gasteiger partial charge in [-0.15, -0.1) is 11.3 Å². The quantitative estimate of drug-likeness (QED) is 0.179. The molecule has 0 amide bonds. The summed E-state index contributed by atoms with van der Waals surface area (Å²) in [4.78, 5) is 16.1. The number of benzene rings is 9. The van der Waals surface area contributed by atoms with Gasteiger partial charge < -0.3 is 8.98 Å². The predicted octanol–water partition coefficient (Wildman–Crippen LogP) is 14.5. The van der Waals surface area contributed by atoms with Crippen molar-refractivity contribution in [3.05, 3.63) is 182 Å². The van der Waals surface area contributed by atoms with Crippen molar-refractivity contribution in [1.82, 2.24) is 19.5 Å². The zero-order valence-electron chi connectivity index (χ0n) is 31.4. The monoisotopic (exact) mass is 770 g/mol. The molecule has 0 spiro atoms. The number of hydrogen-bond acceptors (Lipinski definition) is 5. The van der Waals surface area contributed by atoms with Crippen molar-refractivity contribution >= 4 is 96.8 Å². The second-order valence-corrected chi connectivity index (χ2v) is 16.3. The third kappa shape index (κ3) is 4.94. The van der Waals surface area contributed by atoms with Gasteiger partial charge in [0.1, 0.15) is 11.2 Å². The molecule has 5 nitrogen and oxygen atoms in total. The van der Waals surface area contributed by atoms with Gasteiger partial charge in [-0.2, -0.15) is 0 Å². The van der Waals surface area contributed by atoms with Crippen LogP contribution >= 0.6 is 11.3 Å². The summed E-state index contributed by atoms with van der Waals surface area (Å²) in [7, 11) is 0. The minimum absolute atomic E-state index is 0.582. The van der Waals surface area contributed by atoms with Gasteiger partial charge in [0.2, 0.25) is 0 Å². The van der Waals surface area contributed by atoms with Crippen LogP contribution in [0.3, 0.4) is 0 Å². The highest BCUT2D eigenvalue weighted by molar-refractivity contribution is 7.25. The summed E-state index contributed by atoms with van der Waals surface area (Å²) >= 11 is 1.79. The molecule has 0 aliphatic rings. The SMILES string of the molecule is c1ccc2cc3c(cc2c1)c1ccccc1n3-c1cc(-c2nc(-c3ccc4c(c3)sc3ccccc34)nc(-c3cccc4ccccc34)n2)c2c(c1)oc1ccccc12. The Balaban J connectivity index is 1.13. The van der Waals surface area contributed by atoms with Crippen LogP contribution in [0, 0.1) is 0 Å². The van der Waals surface area contributed by atoms with E-state index < -0.39 is 0 Å². The molecular formula is C53H30N4OS. The smallest absolute Gasteiger partial charge is 0.164 e. The minimum Gasteiger partial charge on any atom is -0.456 e. The zero-order chi connectivity index (χ0) is 38.6. The number of thiophene rings is 1. The Hall–Kier alpha value is -7.67. The summed E-state index contributed by atoms with van der Waals surface area (Å²) in [5, 5.41) is 11.5. The van der Waals surface area contributed by atoms with E-state index in [9.17, 15) is 0 Å². The maximum atomic E-state index is 6.73. The molecule has 0 saturated carbocycles. The summed E-state index contributed by atoms with van der Waals surface area (Å²) in [5.41, 5.74) is 7.55. The number of aromatic nitrogens is 4. The summed E-state index contributed by atoms with van der Waals surface area (Å²) < 4.78 is 11.5. The molecule has 0 unspecified atom stereocenters. The van der Waals surface area contributed by atoms with Crippen LogP contribution in [0.1, 0.15) is 0 Å².